The molecule has 0 radical (unpaired) electrons. The summed E-state index contributed by atoms with van der Waals surface area (Å²) in [6.07, 6.45) is 7.78. The van der Waals surface area contributed by atoms with Crippen LogP contribution in [0.4, 0.5) is 0 Å². The third kappa shape index (κ3) is 10.8. The van der Waals surface area contributed by atoms with Crippen LogP contribution in [-0.4, -0.2) is 30.9 Å². The van der Waals surface area contributed by atoms with Gasteiger partial charge in [0.2, 0.25) is 0 Å². The van der Waals surface area contributed by atoms with E-state index in [0.717, 1.165) is 0 Å². The van der Waals surface area contributed by atoms with E-state index >= 15 is 0 Å². The van der Waals surface area contributed by atoms with Crippen molar-refractivity contribution in [1.29, 1.82) is 0 Å². The van der Waals surface area contributed by atoms with Crippen molar-refractivity contribution in [2.24, 2.45) is 0 Å². The van der Waals surface area contributed by atoms with E-state index in [1.165, 1.54) is 38.5 Å². The van der Waals surface area contributed by atoms with Crippen molar-refractivity contribution in [3.63, 3.8) is 0 Å². The van der Waals surface area contributed by atoms with Crippen LogP contribution in [0.2, 0.25) is 0 Å². The van der Waals surface area contributed by atoms with Crippen LogP contribution >= 0.6 is 15.8 Å². The van der Waals surface area contributed by atoms with Crippen LogP contribution in [0, 0.1) is 0 Å². The van der Waals surface area contributed by atoms with Gasteiger partial charge in [0, 0.05) is 20.4 Å². The van der Waals surface area contributed by atoms with E-state index < -0.39 is 0 Å². The summed E-state index contributed by atoms with van der Waals surface area (Å²) in [6, 6.07) is 0. The second-order valence-corrected chi connectivity index (χ2v) is 22.3. The van der Waals surface area contributed by atoms with E-state index in [2.05, 4.69) is 125 Å². The molecular formula is C30H66P2Pd. The molecule has 0 aromatic heterocycles. The molecule has 0 saturated carbocycles. The van der Waals surface area contributed by atoms with E-state index in [4.69, 9.17) is 0 Å². The number of hydrogen-bond acceptors (Lipinski definition) is 0. The largest absolute Gasteiger partial charge is 0.0893 e. The molecule has 0 saturated heterocycles. The Morgan fingerprint density at radius 2 is 0.394 bits per heavy atom. The first kappa shape index (κ1) is 39.0. The molecule has 0 aliphatic carbocycles. The molecule has 0 N–H and O–H groups in total. The van der Waals surface area contributed by atoms with Crippen molar-refractivity contribution in [3.8, 4) is 0 Å². The number of hydrogen-bond donors (Lipinski definition) is 0. The van der Waals surface area contributed by atoms with Gasteiger partial charge in [-0.1, -0.05) is 140 Å². The molecule has 0 fully saturated rings. The Kier molecular flexibility index (Phi) is 17.1. The van der Waals surface area contributed by atoms with Crippen LogP contribution < -0.4 is 0 Å². The van der Waals surface area contributed by atoms with Gasteiger partial charge in [-0.3, -0.25) is 0 Å². The summed E-state index contributed by atoms with van der Waals surface area (Å²) in [7, 11) is 0.0185. The van der Waals surface area contributed by atoms with E-state index in [9.17, 15) is 0 Å². The van der Waals surface area contributed by atoms with Crippen LogP contribution in [0.1, 0.15) is 163 Å². The van der Waals surface area contributed by atoms with Crippen molar-refractivity contribution in [2.75, 3.05) is 0 Å². The Morgan fingerprint density at radius 1 is 0.303 bits per heavy atom. The van der Waals surface area contributed by atoms with Gasteiger partial charge in [0.25, 0.3) is 0 Å². The summed E-state index contributed by atoms with van der Waals surface area (Å²) < 4.78 is 0. The summed E-state index contributed by atoms with van der Waals surface area (Å²) in [5.74, 6) is 0. The van der Waals surface area contributed by atoms with Crippen molar-refractivity contribution in [1.82, 2.24) is 0 Å². The third-order valence-electron chi connectivity index (χ3n) is 8.82. The molecule has 3 heteroatoms. The molecule has 0 rings (SSSR count). The quantitative estimate of drug-likeness (QED) is 0.156. The molecule has 0 spiro atoms. The molecule has 0 unspecified atom stereocenters. The summed E-state index contributed by atoms with van der Waals surface area (Å²) in [5, 5.41) is 2.97. The van der Waals surface area contributed by atoms with Crippen molar-refractivity contribution in [3.05, 3.63) is 0 Å². The van der Waals surface area contributed by atoms with E-state index in [-0.39, 0.29) is 36.3 Å². The Labute approximate surface area is 229 Å². The van der Waals surface area contributed by atoms with Gasteiger partial charge in [-0.25, -0.2) is 0 Å². The molecule has 0 aromatic carbocycles. The van der Waals surface area contributed by atoms with Gasteiger partial charge in [0.05, 0.1) is 0 Å². The maximum Gasteiger partial charge on any atom is 0 e. The Bertz CT molecular complexity index is 405. The van der Waals surface area contributed by atoms with Gasteiger partial charge in [-0.05, 0) is 69.5 Å². The van der Waals surface area contributed by atoms with E-state index in [0.29, 0.717) is 30.9 Å². The first-order chi connectivity index (χ1) is 14.1. The average molecular weight is 595 g/mol. The summed E-state index contributed by atoms with van der Waals surface area (Å²) >= 11 is 0. The van der Waals surface area contributed by atoms with E-state index in [1.807, 2.05) is 0 Å². The topological polar surface area (TPSA) is 0 Å². The fourth-order valence-electron chi connectivity index (χ4n) is 5.86. The zero-order valence-corrected chi connectivity index (χ0v) is 29.8. The fourth-order valence-corrected chi connectivity index (χ4v) is 17.6. The van der Waals surface area contributed by atoms with Crippen molar-refractivity contribution >= 4 is 15.8 Å². The molecule has 0 atom stereocenters. The Balaban J connectivity index is -0.000000529. The van der Waals surface area contributed by atoms with Gasteiger partial charge in [-0.2, -0.15) is 0 Å². The van der Waals surface area contributed by atoms with E-state index in [1.54, 1.807) is 0 Å². The first-order valence-electron chi connectivity index (χ1n) is 13.7. The summed E-state index contributed by atoms with van der Waals surface area (Å²) in [5.41, 5.74) is 0. The monoisotopic (exact) mass is 594 g/mol. The van der Waals surface area contributed by atoms with Gasteiger partial charge < -0.3 is 0 Å². The first-order valence-corrected chi connectivity index (χ1v) is 16.4. The standard InChI is InChI=1S/2C15H33P.Pd/c2*1-10-13(4,5)16(14(6,7)11-2)15(8,9)12-3;/h2*10-12H2,1-9H3;. The fraction of sp³-hybridized carbons (Fsp3) is 1.00. The van der Waals surface area contributed by atoms with Crippen molar-refractivity contribution in [2.45, 2.75) is 194 Å². The van der Waals surface area contributed by atoms with Crippen LogP contribution in [0.3, 0.4) is 0 Å². The molecule has 0 aliphatic rings. The van der Waals surface area contributed by atoms with Crippen LogP contribution in [0.25, 0.3) is 0 Å². The third-order valence-corrected chi connectivity index (χ3v) is 18.0. The average Bonchev–Trinajstić information content (AvgIpc) is 2.67. The summed E-state index contributed by atoms with van der Waals surface area (Å²) in [6.45, 7) is 43.9. The van der Waals surface area contributed by atoms with Gasteiger partial charge in [0.15, 0.2) is 0 Å². The maximum atomic E-state index is 2.48. The SMILES string of the molecule is CCC(C)(C)P(C(C)(C)CC)C(C)(C)CC.CCC(C)(C)P(C(C)(C)CC)C(C)(C)CC.[Pd]. The second kappa shape index (κ2) is 14.5. The zero-order valence-electron chi connectivity index (χ0n) is 26.5. The minimum Gasteiger partial charge on any atom is -0.0893 e. The Hall–Kier alpha value is 1.52. The van der Waals surface area contributed by atoms with Crippen LogP contribution in [-0.2, 0) is 20.4 Å². The van der Waals surface area contributed by atoms with Crippen molar-refractivity contribution < 1.29 is 20.4 Å². The molecule has 0 heterocycles. The molecule has 0 nitrogen and oxygen atoms in total. The minimum absolute atomic E-state index is 0. The smallest absolute Gasteiger partial charge is 0 e. The molecule has 0 aromatic rings. The molecule has 0 bridgehead atoms. The zero-order chi connectivity index (χ0) is 26.4. The predicted octanol–water partition coefficient (Wildman–Crippen LogP) is 12.1. The molecule has 0 aliphatic heterocycles. The van der Waals surface area contributed by atoms with Gasteiger partial charge in [-0.15, -0.1) is 0 Å². The van der Waals surface area contributed by atoms with Gasteiger partial charge in [0.1, 0.15) is 0 Å². The minimum atomic E-state index is 0. The molecule has 206 valence electrons. The number of rotatable bonds is 12. The normalized spacial score (nSPS) is 14.2. The van der Waals surface area contributed by atoms with Gasteiger partial charge >= 0.3 is 0 Å². The molecule has 33 heavy (non-hydrogen) atoms. The van der Waals surface area contributed by atoms with Crippen LogP contribution in [0.15, 0.2) is 0 Å². The molecule has 0 amide bonds. The van der Waals surface area contributed by atoms with Crippen LogP contribution in [0.5, 0.6) is 0 Å². The molecular weight excluding hydrogens is 529 g/mol. The Morgan fingerprint density at radius 3 is 0.455 bits per heavy atom. The second-order valence-electron chi connectivity index (χ2n) is 13.7. The maximum absolute atomic E-state index is 2.48. The predicted molar refractivity (Wildman–Crippen MR) is 160 cm³/mol. The summed E-state index contributed by atoms with van der Waals surface area (Å²) in [4.78, 5) is 0.